The molecule has 1 aliphatic rings. The second-order valence-electron chi connectivity index (χ2n) is 6.82. The van der Waals surface area contributed by atoms with Crippen LogP contribution in [-0.4, -0.2) is 48.2 Å². The molecule has 0 atom stereocenters. The first-order valence-corrected chi connectivity index (χ1v) is 10.9. The van der Waals surface area contributed by atoms with Crippen molar-refractivity contribution in [2.24, 2.45) is 0 Å². The third kappa shape index (κ3) is 3.07. The van der Waals surface area contributed by atoms with Crippen LogP contribution in [0.5, 0.6) is 0 Å². The molecule has 0 aliphatic carbocycles. The third-order valence-electron chi connectivity index (χ3n) is 5.40. The Labute approximate surface area is 167 Å². The van der Waals surface area contributed by atoms with E-state index in [9.17, 15) is 52.7 Å². The van der Waals surface area contributed by atoms with Gasteiger partial charge >= 0.3 is 167 Å². The van der Waals surface area contributed by atoms with E-state index in [4.69, 9.17) is 0 Å². The van der Waals surface area contributed by atoms with Gasteiger partial charge in [0.05, 0.1) is 0 Å². The van der Waals surface area contributed by atoms with Crippen molar-refractivity contribution < 1.29 is 61.7 Å². The van der Waals surface area contributed by atoms with Gasteiger partial charge in [-0.1, -0.05) is 0 Å². The first-order chi connectivity index (χ1) is 13.7. The number of alkyl halides is 12. The third-order valence-corrected chi connectivity index (χ3v) is 10.8. The van der Waals surface area contributed by atoms with Gasteiger partial charge in [-0.3, -0.25) is 0 Å². The van der Waals surface area contributed by atoms with Crippen molar-refractivity contribution in [2.45, 2.75) is 49.8 Å². The predicted molar refractivity (Wildman–Crippen MR) is 85.9 cm³/mol. The zero-order valence-electron chi connectivity index (χ0n) is 15.6. The molecular weight excluding hydrogens is 483 g/mol. The summed E-state index contributed by atoms with van der Waals surface area (Å²) in [5.41, 5.74) is -13.5. The zero-order chi connectivity index (χ0) is 24.4. The van der Waals surface area contributed by atoms with Gasteiger partial charge in [-0.2, -0.15) is 0 Å². The molecule has 1 fully saturated rings. The van der Waals surface area contributed by atoms with Crippen LogP contribution in [0.1, 0.15) is 13.8 Å². The first kappa shape index (κ1) is 26.0. The Hall–Kier alpha value is -1.27. The second kappa shape index (κ2) is 6.86. The molecule has 1 heterocycles. The van der Waals surface area contributed by atoms with E-state index in [1.54, 1.807) is 0 Å². The van der Waals surface area contributed by atoms with Gasteiger partial charge in [-0.15, -0.1) is 0 Å². The van der Waals surface area contributed by atoms with Gasteiger partial charge in [0.2, 0.25) is 0 Å². The van der Waals surface area contributed by atoms with Gasteiger partial charge in [-0.25, -0.2) is 0 Å². The minimum absolute atomic E-state index is 0.744. The summed E-state index contributed by atoms with van der Waals surface area (Å²) in [6.45, 7) is 1.63. The van der Waals surface area contributed by atoms with Gasteiger partial charge < -0.3 is 0 Å². The SMILES string of the molecule is CCP1(CC)(c2ccccc2)OC(C(F)(F)F)(C(F)(F)F)C(C(F)(F)F)(C(F)(F)F)O1. The van der Waals surface area contributed by atoms with Gasteiger partial charge in [0.1, 0.15) is 0 Å². The predicted octanol–water partition coefficient (Wildman–Crippen LogP) is 6.51. The van der Waals surface area contributed by atoms with Gasteiger partial charge in [-0.05, 0) is 0 Å². The molecule has 1 aromatic carbocycles. The molecule has 1 aliphatic heterocycles. The molecule has 1 aromatic rings. The molecule has 2 rings (SSSR count). The molecule has 15 heteroatoms. The van der Waals surface area contributed by atoms with Crippen LogP contribution in [0, 0.1) is 0 Å². The number of rotatable bonds is 3. The fraction of sp³-hybridized carbons (Fsp3) is 0.625. The molecular formula is C16H15F12O2P. The molecule has 0 unspecified atom stereocenters. The maximum atomic E-state index is 13.9. The Morgan fingerprint density at radius 3 is 1.13 bits per heavy atom. The maximum absolute atomic E-state index is 13.9. The summed E-state index contributed by atoms with van der Waals surface area (Å²) >= 11 is 0. The fourth-order valence-corrected chi connectivity index (χ4v) is 8.55. The van der Waals surface area contributed by atoms with Crippen LogP contribution in [0.2, 0.25) is 0 Å². The number of hydrogen-bond acceptors (Lipinski definition) is 2. The summed E-state index contributed by atoms with van der Waals surface area (Å²) in [6.07, 6.45) is -31.1. The average Bonchev–Trinajstić information content (AvgIpc) is 2.95. The fourth-order valence-electron chi connectivity index (χ4n) is 3.82. The van der Waals surface area contributed by atoms with Crippen molar-refractivity contribution in [3.8, 4) is 0 Å². The van der Waals surface area contributed by atoms with Crippen molar-refractivity contribution in [1.82, 2.24) is 0 Å². The Kier molecular flexibility index (Phi) is 5.75. The zero-order valence-corrected chi connectivity index (χ0v) is 16.5. The molecule has 31 heavy (non-hydrogen) atoms. The van der Waals surface area contributed by atoms with E-state index in [1.165, 1.54) is 6.07 Å². The summed E-state index contributed by atoms with van der Waals surface area (Å²) in [5, 5.41) is -0.744. The minimum atomic E-state index is -7.21. The summed E-state index contributed by atoms with van der Waals surface area (Å²) in [7, 11) is -6.11. The van der Waals surface area contributed by atoms with E-state index in [2.05, 4.69) is 9.05 Å². The molecule has 0 aromatic heterocycles. The van der Waals surface area contributed by atoms with Crippen LogP contribution in [0.25, 0.3) is 0 Å². The van der Waals surface area contributed by atoms with E-state index in [0.29, 0.717) is 0 Å². The summed E-state index contributed by atoms with van der Waals surface area (Å²) in [5.74, 6) is 0. The Balaban J connectivity index is 3.22. The number of halogens is 12. The Bertz CT molecular complexity index is 733. The second-order valence-corrected chi connectivity index (χ2v) is 11.6. The Morgan fingerprint density at radius 1 is 0.613 bits per heavy atom. The first-order valence-electron chi connectivity index (χ1n) is 8.47. The molecule has 0 saturated carbocycles. The summed E-state index contributed by atoms with van der Waals surface area (Å²) in [4.78, 5) is 0. The number of benzene rings is 1. The van der Waals surface area contributed by atoms with Crippen LogP contribution in [-0.2, 0) is 9.05 Å². The van der Waals surface area contributed by atoms with E-state index >= 15 is 0 Å². The quantitative estimate of drug-likeness (QED) is 0.350. The molecule has 1 saturated heterocycles. The van der Waals surface area contributed by atoms with Crippen molar-refractivity contribution in [3.05, 3.63) is 30.3 Å². The molecule has 0 spiro atoms. The average molecular weight is 498 g/mol. The normalized spacial score (nSPS) is 24.4. The van der Waals surface area contributed by atoms with E-state index in [0.717, 1.165) is 38.1 Å². The van der Waals surface area contributed by atoms with Gasteiger partial charge in [0.25, 0.3) is 0 Å². The summed E-state index contributed by atoms with van der Waals surface area (Å²) in [6, 6.07) is 4.81. The van der Waals surface area contributed by atoms with Crippen molar-refractivity contribution in [3.63, 3.8) is 0 Å². The summed E-state index contributed by atoms with van der Waals surface area (Å²) < 4.78 is 175. The molecule has 180 valence electrons. The molecule has 0 bridgehead atoms. The van der Waals surface area contributed by atoms with Crippen molar-refractivity contribution >= 4 is 12.4 Å². The van der Waals surface area contributed by atoms with E-state index in [-0.39, 0.29) is 0 Å². The van der Waals surface area contributed by atoms with Crippen molar-refractivity contribution in [1.29, 1.82) is 0 Å². The van der Waals surface area contributed by atoms with E-state index in [1.807, 2.05) is 0 Å². The Morgan fingerprint density at radius 2 is 0.903 bits per heavy atom. The monoisotopic (exact) mass is 498 g/mol. The van der Waals surface area contributed by atoms with Crippen LogP contribution >= 0.6 is 7.06 Å². The molecule has 0 amide bonds. The van der Waals surface area contributed by atoms with Gasteiger partial charge in [0.15, 0.2) is 0 Å². The topological polar surface area (TPSA) is 18.5 Å². The van der Waals surface area contributed by atoms with Crippen LogP contribution in [0.4, 0.5) is 52.7 Å². The van der Waals surface area contributed by atoms with Crippen LogP contribution < -0.4 is 5.30 Å². The molecule has 0 N–H and O–H groups in total. The van der Waals surface area contributed by atoms with Crippen LogP contribution in [0.15, 0.2) is 30.3 Å². The number of hydrogen-bond donors (Lipinski definition) is 0. The molecule has 2 nitrogen and oxygen atoms in total. The van der Waals surface area contributed by atoms with Gasteiger partial charge in [0, 0.05) is 0 Å². The van der Waals surface area contributed by atoms with Crippen LogP contribution in [0.3, 0.4) is 0 Å². The van der Waals surface area contributed by atoms with E-state index < -0.39 is 60.6 Å². The standard InChI is InChI=1S/C16H15F12O2P/c1-3-31(4-2,10-8-6-5-7-9-10)29-11(13(17,18)19,14(20,21)22)12(30-31,15(23,24)25)16(26,27)28/h5-9H,3-4H2,1-2H3. The molecule has 0 radical (unpaired) electrons. The van der Waals surface area contributed by atoms with Crippen molar-refractivity contribution in [2.75, 3.05) is 12.3 Å².